The number of rotatable bonds is 2. The Morgan fingerprint density at radius 1 is 1.10 bits per heavy atom. The summed E-state index contributed by atoms with van der Waals surface area (Å²) in [6.07, 6.45) is 3.63. The predicted octanol–water partition coefficient (Wildman–Crippen LogP) is 2.57. The first-order valence-corrected chi connectivity index (χ1v) is 7.17. The largest absolute Gasteiger partial charge is 0.497 e. The molecule has 0 spiro atoms. The Kier molecular flexibility index (Phi) is 2.84. The van der Waals surface area contributed by atoms with E-state index >= 15 is 0 Å². The van der Waals surface area contributed by atoms with E-state index < -0.39 is 18.3 Å². The zero-order valence-corrected chi connectivity index (χ0v) is 12.8. The first kappa shape index (κ1) is 14.0. The van der Waals surface area contributed by atoms with Gasteiger partial charge in [0.15, 0.2) is 0 Å². The second kappa shape index (κ2) is 4.04. The maximum Gasteiger partial charge on any atom is 0.497 e. The van der Waals surface area contributed by atoms with Crippen molar-refractivity contribution in [2.24, 2.45) is 0 Å². The third-order valence-corrected chi connectivity index (χ3v) is 5.00. The molecule has 2 heterocycles. The standard InChI is InChI=1S/C15H21BFNO2/c1-13(2)14(3,4)20-16(19-13)10-6-9-18-12(11(10)17)15(5)7-8-15/h6,9H,7-8H2,1-5H3. The Balaban J connectivity index is 1.97. The molecule has 1 saturated heterocycles. The fourth-order valence-electron chi connectivity index (χ4n) is 2.46. The van der Waals surface area contributed by atoms with Gasteiger partial charge >= 0.3 is 7.12 Å². The van der Waals surface area contributed by atoms with Crippen molar-refractivity contribution in [3.8, 4) is 0 Å². The van der Waals surface area contributed by atoms with Crippen LogP contribution in [0.5, 0.6) is 0 Å². The van der Waals surface area contributed by atoms with Gasteiger partial charge in [-0.15, -0.1) is 0 Å². The smallest absolute Gasteiger partial charge is 0.399 e. The molecule has 1 saturated carbocycles. The van der Waals surface area contributed by atoms with Crippen LogP contribution in [0.25, 0.3) is 0 Å². The molecule has 1 aliphatic heterocycles. The monoisotopic (exact) mass is 277 g/mol. The van der Waals surface area contributed by atoms with Gasteiger partial charge in [0, 0.05) is 17.1 Å². The van der Waals surface area contributed by atoms with E-state index in [1.807, 2.05) is 34.6 Å². The van der Waals surface area contributed by atoms with Crippen molar-refractivity contribution in [2.45, 2.75) is 64.1 Å². The van der Waals surface area contributed by atoms with Crippen LogP contribution in [0.4, 0.5) is 4.39 Å². The lowest BCUT2D eigenvalue weighted by atomic mass is 9.78. The molecular weight excluding hydrogens is 256 g/mol. The molecule has 1 aromatic rings. The van der Waals surface area contributed by atoms with Crippen LogP contribution < -0.4 is 5.46 Å². The molecule has 0 atom stereocenters. The first-order chi connectivity index (χ1) is 9.16. The Morgan fingerprint density at radius 2 is 1.65 bits per heavy atom. The highest BCUT2D eigenvalue weighted by Gasteiger charge is 2.53. The SMILES string of the molecule is CC1(c2nccc(B3OC(C)(C)C(C)(C)O3)c2F)CC1. The van der Waals surface area contributed by atoms with Crippen LogP contribution in [-0.2, 0) is 14.7 Å². The Morgan fingerprint density at radius 3 is 2.15 bits per heavy atom. The maximum atomic E-state index is 14.7. The van der Waals surface area contributed by atoms with Crippen LogP contribution in [0.1, 0.15) is 53.2 Å². The highest BCUT2D eigenvalue weighted by atomic mass is 19.1. The second-order valence-corrected chi connectivity index (χ2v) is 7.21. The molecule has 0 unspecified atom stereocenters. The lowest BCUT2D eigenvalue weighted by Gasteiger charge is -2.32. The number of nitrogens with zero attached hydrogens (tertiary/aromatic N) is 1. The number of halogens is 1. The van der Waals surface area contributed by atoms with Gasteiger partial charge in [-0.2, -0.15) is 0 Å². The number of aromatic nitrogens is 1. The molecule has 2 fully saturated rings. The first-order valence-electron chi connectivity index (χ1n) is 7.17. The van der Waals surface area contributed by atoms with Crippen LogP contribution in [0.2, 0.25) is 0 Å². The van der Waals surface area contributed by atoms with Crippen molar-refractivity contribution in [1.29, 1.82) is 0 Å². The lowest BCUT2D eigenvalue weighted by molar-refractivity contribution is 0.00578. The molecule has 2 aliphatic rings. The van der Waals surface area contributed by atoms with Gasteiger partial charge in [0.1, 0.15) is 5.82 Å². The molecular formula is C15H21BFNO2. The van der Waals surface area contributed by atoms with Crippen LogP contribution in [0.3, 0.4) is 0 Å². The Labute approximate surface area is 120 Å². The van der Waals surface area contributed by atoms with Gasteiger partial charge in [-0.1, -0.05) is 6.92 Å². The lowest BCUT2D eigenvalue weighted by Crippen LogP contribution is -2.41. The normalized spacial score (nSPS) is 25.8. The van der Waals surface area contributed by atoms with E-state index in [-0.39, 0.29) is 11.2 Å². The zero-order valence-electron chi connectivity index (χ0n) is 12.8. The average Bonchev–Trinajstić information content (AvgIpc) is 3.01. The number of hydrogen-bond acceptors (Lipinski definition) is 3. The van der Waals surface area contributed by atoms with Crippen LogP contribution in [-0.4, -0.2) is 23.3 Å². The summed E-state index contributed by atoms with van der Waals surface area (Å²) in [5.74, 6) is -0.272. The van der Waals surface area contributed by atoms with E-state index in [1.165, 1.54) is 0 Å². The molecule has 0 bridgehead atoms. The quantitative estimate of drug-likeness (QED) is 0.778. The summed E-state index contributed by atoms with van der Waals surface area (Å²) < 4.78 is 26.6. The molecule has 5 heteroatoms. The third kappa shape index (κ3) is 1.99. The van der Waals surface area contributed by atoms with Crippen molar-refractivity contribution >= 4 is 12.6 Å². The summed E-state index contributed by atoms with van der Waals surface area (Å²) in [6.45, 7) is 9.92. The van der Waals surface area contributed by atoms with Gasteiger partial charge in [-0.3, -0.25) is 4.98 Å². The third-order valence-electron chi connectivity index (χ3n) is 5.00. The number of hydrogen-bond donors (Lipinski definition) is 0. The molecule has 3 nitrogen and oxygen atoms in total. The molecule has 108 valence electrons. The van der Waals surface area contributed by atoms with Gasteiger partial charge in [0.25, 0.3) is 0 Å². The summed E-state index contributed by atoms with van der Waals surface area (Å²) in [5.41, 5.74) is -0.0240. The number of pyridine rings is 1. The summed E-state index contributed by atoms with van der Waals surface area (Å²) >= 11 is 0. The van der Waals surface area contributed by atoms with Gasteiger partial charge in [-0.25, -0.2) is 4.39 Å². The second-order valence-electron chi connectivity index (χ2n) is 7.21. The topological polar surface area (TPSA) is 31.4 Å². The van der Waals surface area contributed by atoms with E-state index in [0.29, 0.717) is 11.2 Å². The molecule has 0 N–H and O–H groups in total. The van der Waals surface area contributed by atoms with Crippen molar-refractivity contribution in [3.05, 3.63) is 23.8 Å². The highest BCUT2D eigenvalue weighted by molar-refractivity contribution is 6.62. The maximum absolute atomic E-state index is 14.7. The van der Waals surface area contributed by atoms with Crippen LogP contribution in [0.15, 0.2) is 12.3 Å². The molecule has 0 amide bonds. The summed E-state index contributed by atoms with van der Waals surface area (Å²) in [5, 5.41) is 0. The molecule has 3 rings (SSSR count). The van der Waals surface area contributed by atoms with Gasteiger partial charge in [0.2, 0.25) is 0 Å². The highest BCUT2D eigenvalue weighted by Crippen LogP contribution is 2.47. The van der Waals surface area contributed by atoms with Gasteiger partial charge in [-0.05, 0) is 46.6 Å². The van der Waals surface area contributed by atoms with Gasteiger partial charge in [0.05, 0.1) is 16.9 Å². The molecule has 0 aromatic carbocycles. The van der Waals surface area contributed by atoms with E-state index in [2.05, 4.69) is 4.98 Å². The van der Waals surface area contributed by atoms with E-state index in [4.69, 9.17) is 9.31 Å². The van der Waals surface area contributed by atoms with E-state index in [9.17, 15) is 4.39 Å². The molecule has 1 aliphatic carbocycles. The average molecular weight is 277 g/mol. The minimum absolute atomic E-state index is 0.107. The van der Waals surface area contributed by atoms with Gasteiger partial charge < -0.3 is 9.31 Å². The zero-order chi connectivity index (χ0) is 14.8. The van der Waals surface area contributed by atoms with Crippen LogP contribution in [0, 0.1) is 5.82 Å². The van der Waals surface area contributed by atoms with E-state index in [1.54, 1.807) is 12.3 Å². The minimum atomic E-state index is -0.663. The van der Waals surface area contributed by atoms with Crippen molar-refractivity contribution < 1.29 is 13.7 Å². The summed E-state index contributed by atoms with van der Waals surface area (Å²) in [7, 11) is -0.663. The van der Waals surface area contributed by atoms with E-state index in [0.717, 1.165) is 12.8 Å². The van der Waals surface area contributed by atoms with Crippen molar-refractivity contribution in [3.63, 3.8) is 0 Å². The summed E-state index contributed by atoms with van der Waals surface area (Å²) in [4.78, 5) is 4.23. The molecule has 1 aromatic heterocycles. The summed E-state index contributed by atoms with van der Waals surface area (Å²) in [6, 6.07) is 1.66. The molecule has 20 heavy (non-hydrogen) atoms. The molecule has 0 radical (unpaired) electrons. The predicted molar refractivity (Wildman–Crippen MR) is 76.5 cm³/mol. The minimum Gasteiger partial charge on any atom is -0.399 e. The van der Waals surface area contributed by atoms with Crippen molar-refractivity contribution in [2.75, 3.05) is 0 Å². The Bertz CT molecular complexity index is 539. The van der Waals surface area contributed by atoms with Crippen LogP contribution >= 0.6 is 0 Å². The van der Waals surface area contributed by atoms with Crippen molar-refractivity contribution in [1.82, 2.24) is 4.98 Å². The fourth-order valence-corrected chi connectivity index (χ4v) is 2.46. The Hall–Kier alpha value is -0.935. The fraction of sp³-hybridized carbons (Fsp3) is 0.667.